The Hall–Kier alpha value is -1.31. The van der Waals surface area contributed by atoms with Gasteiger partial charge in [0, 0.05) is 22.1 Å². The summed E-state index contributed by atoms with van der Waals surface area (Å²) in [5.41, 5.74) is 8.42. The van der Waals surface area contributed by atoms with Gasteiger partial charge in [-0.05, 0) is 51.9 Å². The molecule has 0 bridgehead atoms. The summed E-state index contributed by atoms with van der Waals surface area (Å²) < 4.78 is 7.22. The Morgan fingerprint density at radius 2 is 1.86 bits per heavy atom. The van der Waals surface area contributed by atoms with Crippen LogP contribution >= 0.6 is 22.6 Å². The van der Waals surface area contributed by atoms with Gasteiger partial charge >= 0.3 is 0 Å². The first-order chi connectivity index (χ1) is 10.1. The molecule has 4 N–H and O–H groups in total. The predicted octanol–water partition coefficient (Wildman–Crippen LogP) is 3.02. The van der Waals surface area contributed by atoms with Crippen molar-refractivity contribution < 1.29 is 14.9 Å². The lowest BCUT2D eigenvalue weighted by atomic mass is 9.90. The monoisotopic (exact) mass is 397 g/mol. The quantitative estimate of drug-likeness (QED) is 0.538. The third kappa shape index (κ3) is 2.73. The number of benzene rings is 2. The Bertz CT molecular complexity index is 657. The molecule has 2 aromatic rings. The van der Waals surface area contributed by atoms with E-state index < -0.39 is 0 Å². The van der Waals surface area contributed by atoms with Gasteiger partial charge in [0.25, 0.3) is 0 Å². The van der Waals surface area contributed by atoms with Gasteiger partial charge in [0.05, 0.1) is 12.2 Å². The zero-order chi connectivity index (χ0) is 15.0. The molecule has 21 heavy (non-hydrogen) atoms. The summed E-state index contributed by atoms with van der Waals surface area (Å²) in [7, 11) is 0. The van der Waals surface area contributed by atoms with E-state index in [1.165, 1.54) is 6.07 Å². The molecule has 4 nitrogen and oxygen atoms in total. The number of phenols is 2. The minimum absolute atomic E-state index is 0.0650. The van der Waals surface area contributed by atoms with Gasteiger partial charge in [-0.25, -0.2) is 0 Å². The molecule has 1 aliphatic heterocycles. The first kappa shape index (κ1) is 14.6. The molecule has 1 heterocycles. The Morgan fingerprint density at radius 1 is 1.14 bits per heavy atom. The van der Waals surface area contributed by atoms with Gasteiger partial charge in [-0.15, -0.1) is 0 Å². The van der Waals surface area contributed by atoms with E-state index >= 15 is 0 Å². The Balaban J connectivity index is 2.01. The van der Waals surface area contributed by atoms with Gasteiger partial charge in [0.15, 0.2) is 11.5 Å². The average molecular weight is 397 g/mol. The van der Waals surface area contributed by atoms with Crippen molar-refractivity contribution in [3.63, 3.8) is 0 Å². The summed E-state index contributed by atoms with van der Waals surface area (Å²) in [6.45, 7) is 0.331. The lowest BCUT2D eigenvalue weighted by molar-refractivity contribution is -0.0231. The summed E-state index contributed by atoms with van der Waals surface area (Å²) in [5.74, 6) is -0.169. The van der Waals surface area contributed by atoms with Gasteiger partial charge in [0.1, 0.15) is 0 Å². The normalized spacial score (nSPS) is 21.0. The fraction of sp³-hybridized carbons (Fsp3) is 0.250. The maximum Gasteiger partial charge on any atom is 0.161 e. The minimum Gasteiger partial charge on any atom is -0.504 e. The summed E-state index contributed by atoms with van der Waals surface area (Å²) >= 11 is 2.25. The van der Waals surface area contributed by atoms with Crippen LogP contribution in [-0.2, 0) is 11.2 Å². The van der Waals surface area contributed by atoms with Crippen molar-refractivity contribution in [3.05, 3.63) is 56.7 Å². The molecule has 3 rings (SSSR count). The number of hydrogen-bond acceptors (Lipinski definition) is 4. The fourth-order valence-corrected chi connectivity index (χ4v) is 3.08. The van der Waals surface area contributed by atoms with Crippen molar-refractivity contribution in [3.8, 4) is 11.5 Å². The van der Waals surface area contributed by atoms with Crippen LogP contribution in [0.1, 0.15) is 28.9 Å². The number of rotatable bonds is 2. The zero-order valence-corrected chi connectivity index (χ0v) is 13.4. The van der Waals surface area contributed by atoms with E-state index in [1.807, 2.05) is 24.3 Å². The third-order valence-corrected chi connectivity index (χ3v) is 4.54. The smallest absolute Gasteiger partial charge is 0.161 e. The topological polar surface area (TPSA) is 75.7 Å². The standard InChI is InChI=1S/C16H16INO3/c17-10-3-1-9(2-4-10)14-7-12-11(15(8-18)21-14)5-6-13(19)16(12)20/h1-6,14-15,19-20H,7-8,18H2/t14-,15-/m0/s1. The van der Waals surface area contributed by atoms with E-state index in [0.717, 1.165) is 20.3 Å². The Labute approximate surface area is 136 Å². The highest BCUT2D eigenvalue weighted by Crippen LogP contribution is 2.43. The molecule has 0 spiro atoms. The molecular weight excluding hydrogens is 381 g/mol. The number of ether oxygens (including phenoxy) is 1. The highest BCUT2D eigenvalue weighted by Gasteiger charge is 2.30. The number of aromatic hydroxyl groups is 2. The Morgan fingerprint density at radius 3 is 2.52 bits per heavy atom. The van der Waals surface area contributed by atoms with Crippen LogP contribution in [0.5, 0.6) is 11.5 Å². The maximum absolute atomic E-state index is 10.1. The second-order valence-corrected chi connectivity index (χ2v) is 6.35. The van der Waals surface area contributed by atoms with Crippen molar-refractivity contribution in [2.45, 2.75) is 18.6 Å². The lowest BCUT2D eigenvalue weighted by Crippen LogP contribution is -2.25. The van der Waals surface area contributed by atoms with Crippen LogP contribution in [0.4, 0.5) is 0 Å². The molecule has 2 atom stereocenters. The molecule has 5 heteroatoms. The average Bonchev–Trinajstić information content (AvgIpc) is 2.51. The minimum atomic E-state index is -0.274. The van der Waals surface area contributed by atoms with Crippen LogP contribution in [-0.4, -0.2) is 16.8 Å². The van der Waals surface area contributed by atoms with Crippen molar-refractivity contribution in [1.82, 2.24) is 0 Å². The lowest BCUT2D eigenvalue weighted by Gasteiger charge is -2.32. The van der Waals surface area contributed by atoms with E-state index in [-0.39, 0.29) is 23.7 Å². The van der Waals surface area contributed by atoms with Crippen LogP contribution in [0.15, 0.2) is 36.4 Å². The third-order valence-electron chi connectivity index (χ3n) is 3.82. The van der Waals surface area contributed by atoms with Crippen LogP contribution < -0.4 is 5.73 Å². The molecule has 0 unspecified atom stereocenters. The van der Waals surface area contributed by atoms with Gasteiger partial charge < -0.3 is 20.7 Å². The van der Waals surface area contributed by atoms with Crippen molar-refractivity contribution in [2.24, 2.45) is 5.73 Å². The zero-order valence-electron chi connectivity index (χ0n) is 11.3. The van der Waals surface area contributed by atoms with E-state index in [4.69, 9.17) is 10.5 Å². The number of hydrogen-bond donors (Lipinski definition) is 3. The number of halogens is 1. The number of phenolic OH excluding ortho intramolecular Hbond substituents is 2. The van der Waals surface area contributed by atoms with Gasteiger partial charge in [-0.3, -0.25) is 0 Å². The summed E-state index contributed by atoms with van der Waals surface area (Å²) in [6.07, 6.45) is 0.0763. The van der Waals surface area contributed by atoms with Gasteiger partial charge in [-0.1, -0.05) is 18.2 Å². The maximum atomic E-state index is 10.1. The summed E-state index contributed by atoms with van der Waals surface area (Å²) in [5, 5.41) is 19.8. The van der Waals surface area contributed by atoms with E-state index in [0.29, 0.717) is 13.0 Å². The van der Waals surface area contributed by atoms with E-state index in [2.05, 4.69) is 22.6 Å². The number of fused-ring (bicyclic) bond motifs is 1. The molecule has 0 radical (unpaired) electrons. The highest BCUT2D eigenvalue weighted by atomic mass is 127. The van der Waals surface area contributed by atoms with Crippen LogP contribution in [0.25, 0.3) is 0 Å². The molecule has 0 amide bonds. The van der Waals surface area contributed by atoms with Crippen molar-refractivity contribution in [2.75, 3.05) is 6.54 Å². The SMILES string of the molecule is NC[C@@H]1O[C@H](c2ccc(I)cc2)Cc2c1ccc(O)c2O. The molecule has 0 fully saturated rings. The van der Waals surface area contributed by atoms with Crippen LogP contribution in [0.2, 0.25) is 0 Å². The summed E-state index contributed by atoms with van der Waals surface area (Å²) in [6, 6.07) is 11.3. The predicted molar refractivity (Wildman–Crippen MR) is 88.3 cm³/mol. The number of nitrogens with two attached hydrogens (primary N) is 1. The molecule has 0 saturated heterocycles. The van der Waals surface area contributed by atoms with Crippen molar-refractivity contribution >= 4 is 22.6 Å². The fourth-order valence-electron chi connectivity index (χ4n) is 2.72. The van der Waals surface area contributed by atoms with Gasteiger partial charge in [-0.2, -0.15) is 0 Å². The molecule has 0 aliphatic carbocycles. The second-order valence-electron chi connectivity index (χ2n) is 5.11. The molecule has 110 valence electrons. The molecular formula is C16H16INO3. The molecule has 0 saturated carbocycles. The molecule has 0 aromatic heterocycles. The van der Waals surface area contributed by atoms with Crippen molar-refractivity contribution in [1.29, 1.82) is 0 Å². The van der Waals surface area contributed by atoms with E-state index in [9.17, 15) is 10.2 Å². The first-order valence-corrected chi connectivity index (χ1v) is 7.82. The molecule has 2 aromatic carbocycles. The highest BCUT2D eigenvalue weighted by molar-refractivity contribution is 14.1. The van der Waals surface area contributed by atoms with Crippen LogP contribution in [0.3, 0.4) is 0 Å². The van der Waals surface area contributed by atoms with Crippen LogP contribution in [0, 0.1) is 3.57 Å². The Kier molecular flexibility index (Phi) is 4.05. The second kappa shape index (κ2) is 5.82. The largest absolute Gasteiger partial charge is 0.504 e. The first-order valence-electron chi connectivity index (χ1n) is 6.75. The van der Waals surface area contributed by atoms with Gasteiger partial charge in [0.2, 0.25) is 0 Å². The van der Waals surface area contributed by atoms with E-state index in [1.54, 1.807) is 6.07 Å². The summed E-state index contributed by atoms with van der Waals surface area (Å²) in [4.78, 5) is 0. The molecule has 1 aliphatic rings.